The number of rotatable bonds is 6. The first kappa shape index (κ1) is 24.4. The number of aromatic nitrogens is 3. The lowest BCUT2D eigenvalue weighted by Gasteiger charge is -2.11. The third-order valence-electron chi connectivity index (χ3n) is 5.11. The Morgan fingerprint density at radius 2 is 1.65 bits per heavy atom. The van der Waals surface area contributed by atoms with Crippen LogP contribution in [0.4, 0.5) is 5.69 Å². The SMILES string of the molecule is CCCCc1ccc(-n2nc3cc(Cl)c(NC(=S)NC(=O)c4ccc(Cl)c(Cl)c4)cc3n2)cc1. The second-order valence-corrected chi connectivity index (χ2v) is 9.25. The van der Waals surface area contributed by atoms with Gasteiger partial charge in [-0.25, -0.2) is 0 Å². The van der Waals surface area contributed by atoms with E-state index in [1.54, 1.807) is 29.1 Å². The van der Waals surface area contributed by atoms with E-state index in [1.165, 1.54) is 11.6 Å². The lowest BCUT2D eigenvalue weighted by Crippen LogP contribution is -2.34. The van der Waals surface area contributed by atoms with Gasteiger partial charge in [-0.05, 0) is 73.1 Å². The molecule has 0 bridgehead atoms. The van der Waals surface area contributed by atoms with Crippen LogP contribution >= 0.6 is 47.0 Å². The number of unbranched alkanes of at least 4 members (excludes halogenated alkanes) is 1. The minimum Gasteiger partial charge on any atom is -0.331 e. The first-order valence-electron chi connectivity index (χ1n) is 10.6. The highest BCUT2D eigenvalue weighted by Gasteiger charge is 2.13. The van der Waals surface area contributed by atoms with Crippen LogP contribution in [0.5, 0.6) is 0 Å². The van der Waals surface area contributed by atoms with Gasteiger partial charge in [-0.15, -0.1) is 10.2 Å². The van der Waals surface area contributed by atoms with Gasteiger partial charge in [0.25, 0.3) is 5.91 Å². The van der Waals surface area contributed by atoms with Crippen LogP contribution in [0.2, 0.25) is 15.1 Å². The van der Waals surface area contributed by atoms with Crippen molar-refractivity contribution in [2.24, 2.45) is 0 Å². The van der Waals surface area contributed by atoms with Crippen molar-refractivity contribution >= 4 is 74.8 Å². The average Bonchev–Trinajstić information content (AvgIpc) is 3.22. The fourth-order valence-electron chi connectivity index (χ4n) is 3.29. The summed E-state index contributed by atoms with van der Waals surface area (Å²) >= 11 is 23.6. The van der Waals surface area contributed by atoms with Crippen molar-refractivity contribution < 1.29 is 4.79 Å². The number of fused-ring (bicyclic) bond motifs is 1. The number of amides is 1. The van der Waals surface area contributed by atoms with Crippen LogP contribution < -0.4 is 10.6 Å². The number of benzene rings is 3. The second kappa shape index (κ2) is 10.7. The number of thiocarbonyl (C=S) groups is 1. The summed E-state index contributed by atoms with van der Waals surface area (Å²) in [6.45, 7) is 2.18. The largest absolute Gasteiger partial charge is 0.331 e. The second-order valence-electron chi connectivity index (χ2n) is 7.62. The van der Waals surface area contributed by atoms with E-state index in [2.05, 4.69) is 39.9 Å². The van der Waals surface area contributed by atoms with Crippen molar-refractivity contribution in [2.45, 2.75) is 26.2 Å². The maximum Gasteiger partial charge on any atom is 0.257 e. The third-order valence-corrected chi connectivity index (χ3v) is 6.37. The number of hydrogen-bond donors (Lipinski definition) is 2. The van der Waals surface area contributed by atoms with Gasteiger partial charge in [-0.3, -0.25) is 10.1 Å². The third kappa shape index (κ3) is 5.67. The van der Waals surface area contributed by atoms with E-state index >= 15 is 0 Å². The van der Waals surface area contributed by atoms with Gasteiger partial charge >= 0.3 is 0 Å². The topological polar surface area (TPSA) is 71.8 Å². The van der Waals surface area contributed by atoms with Crippen LogP contribution in [0.25, 0.3) is 16.7 Å². The van der Waals surface area contributed by atoms with Crippen molar-refractivity contribution in [3.63, 3.8) is 0 Å². The van der Waals surface area contributed by atoms with Crippen molar-refractivity contribution in [1.82, 2.24) is 20.3 Å². The van der Waals surface area contributed by atoms with Crippen LogP contribution in [0.15, 0.2) is 54.6 Å². The predicted octanol–water partition coefficient (Wildman–Crippen LogP) is 6.85. The Hall–Kier alpha value is -2.71. The van der Waals surface area contributed by atoms with Crippen molar-refractivity contribution in [3.8, 4) is 5.69 Å². The first-order valence-corrected chi connectivity index (χ1v) is 12.1. The molecular weight excluding hydrogens is 513 g/mol. The monoisotopic (exact) mass is 531 g/mol. The van der Waals surface area contributed by atoms with Gasteiger partial charge in [-0.2, -0.15) is 4.80 Å². The van der Waals surface area contributed by atoms with Gasteiger partial charge < -0.3 is 5.32 Å². The molecule has 0 aliphatic rings. The zero-order chi connectivity index (χ0) is 24.2. The Morgan fingerprint density at radius 1 is 0.941 bits per heavy atom. The molecule has 0 aliphatic heterocycles. The van der Waals surface area contributed by atoms with E-state index in [0.29, 0.717) is 32.3 Å². The molecule has 0 spiro atoms. The summed E-state index contributed by atoms with van der Waals surface area (Å²) in [6, 6.07) is 16.2. The molecule has 4 aromatic rings. The maximum absolute atomic E-state index is 12.4. The fourth-order valence-corrected chi connectivity index (χ4v) is 4.00. The van der Waals surface area contributed by atoms with Crippen molar-refractivity contribution in [3.05, 3.63) is 80.8 Å². The molecule has 0 fully saturated rings. The molecule has 4 rings (SSSR count). The molecule has 34 heavy (non-hydrogen) atoms. The Kier molecular flexibility index (Phi) is 7.68. The molecule has 1 heterocycles. The lowest BCUT2D eigenvalue weighted by molar-refractivity contribution is 0.0977. The zero-order valence-corrected chi connectivity index (χ0v) is 21.2. The van der Waals surface area contributed by atoms with Gasteiger partial charge in [0, 0.05) is 5.56 Å². The van der Waals surface area contributed by atoms with Gasteiger partial charge in [0.1, 0.15) is 11.0 Å². The quantitative estimate of drug-likeness (QED) is 0.266. The van der Waals surface area contributed by atoms with Gasteiger partial charge in [0.2, 0.25) is 0 Å². The molecule has 0 saturated carbocycles. The standard InChI is InChI=1S/C24H20Cl3N5OS/c1-2-3-4-14-5-8-16(9-6-14)32-30-21-12-19(27)20(13-22(21)31-32)28-24(34)29-23(33)15-7-10-17(25)18(26)11-15/h5-13H,2-4H2,1H3,(H2,28,29,33,34). The summed E-state index contributed by atoms with van der Waals surface area (Å²) in [5, 5.41) is 15.7. The molecule has 3 aromatic carbocycles. The highest BCUT2D eigenvalue weighted by molar-refractivity contribution is 7.80. The van der Waals surface area contributed by atoms with Crippen LogP contribution in [0, 0.1) is 0 Å². The molecular formula is C24H20Cl3N5OS. The van der Waals surface area contributed by atoms with Gasteiger partial charge in [-0.1, -0.05) is 60.3 Å². The molecule has 0 unspecified atom stereocenters. The lowest BCUT2D eigenvalue weighted by atomic mass is 10.1. The highest BCUT2D eigenvalue weighted by atomic mass is 35.5. The molecule has 0 aliphatic carbocycles. The zero-order valence-electron chi connectivity index (χ0n) is 18.1. The normalized spacial score (nSPS) is 10.9. The summed E-state index contributed by atoms with van der Waals surface area (Å²) < 4.78 is 0. The van der Waals surface area contributed by atoms with Crippen LogP contribution in [-0.2, 0) is 6.42 Å². The predicted molar refractivity (Wildman–Crippen MR) is 143 cm³/mol. The molecule has 2 N–H and O–H groups in total. The number of hydrogen-bond acceptors (Lipinski definition) is 4. The molecule has 0 atom stereocenters. The Bertz CT molecular complexity index is 1370. The number of nitrogens with zero attached hydrogens (tertiary/aromatic N) is 3. The summed E-state index contributed by atoms with van der Waals surface area (Å²) in [5.74, 6) is -0.429. The Labute approximate surface area is 217 Å². The van der Waals surface area contributed by atoms with Gasteiger partial charge in [0.05, 0.1) is 26.4 Å². The molecule has 10 heteroatoms. The Morgan fingerprint density at radius 3 is 2.32 bits per heavy atom. The molecule has 1 aromatic heterocycles. The molecule has 1 amide bonds. The van der Waals surface area contributed by atoms with E-state index in [1.807, 2.05) is 12.1 Å². The fraction of sp³-hybridized carbons (Fsp3) is 0.167. The van der Waals surface area contributed by atoms with E-state index in [9.17, 15) is 4.79 Å². The number of halogens is 3. The van der Waals surface area contributed by atoms with Crippen molar-refractivity contribution in [1.29, 1.82) is 0 Å². The summed E-state index contributed by atoms with van der Waals surface area (Å²) in [6.07, 6.45) is 3.37. The molecule has 174 valence electrons. The maximum atomic E-state index is 12.4. The highest BCUT2D eigenvalue weighted by Crippen LogP contribution is 2.27. The number of aryl methyl sites for hydroxylation is 1. The van der Waals surface area contributed by atoms with E-state index in [0.717, 1.165) is 24.9 Å². The first-order chi connectivity index (χ1) is 16.3. The number of anilines is 1. The summed E-state index contributed by atoms with van der Waals surface area (Å²) in [7, 11) is 0. The van der Waals surface area contributed by atoms with Crippen LogP contribution in [0.1, 0.15) is 35.7 Å². The molecule has 0 saturated heterocycles. The van der Waals surface area contributed by atoms with Gasteiger partial charge in [0.15, 0.2) is 5.11 Å². The van der Waals surface area contributed by atoms with Crippen LogP contribution in [0.3, 0.4) is 0 Å². The molecule has 6 nitrogen and oxygen atoms in total. The van der Waals surface area contributed by atoms with E-state index in [-0.39, 0.29) is 10.1 Å². The summed E-state index contributed by atoms with van der Waals surface area (Å²) in [4.78, 5) is 14.0. The smallest absolute Gasteiger partial charge is 0.257 e. The number of carbonyl (C=O) groups is 1. The summed E-state index contributed by atoms with van der Waals surface area (Å²) in [5.41, 5.74) is 4.22. The van der Waals surface area contributed by atoms with Crippen molar-refractivity contribution in [2.75, 3.05) is 5.32 Å². The van der Waals surface area contributed by atoms with E-state index in [4.69, 9.17) is 47.0 Å². The van der Waals surface area contributed by atoms with E-state index < -0.39 is 5.91 Å². The minimum absolute atomic E-state index is 0.0763. The Balaban J connectivity index is 1.48. The average molecular weight is 533 g/mol. The number of carbonyl (C=O) groups excluding carboxylic acids is 1. The van der Waals surface area contributed by atoms with Crippen LogP contribution in [-0.4, -0.2) is 26.0 Å². The number of nitrogens with one attached hydrogen (secondary N) is 2. The molecule has 0 radical (unpaired) electrons. The minimum atomic E-state index is -0.429.